The molecular formula is C11H14N4O. The molecule has 5 heteroatoms. The van der Waals surface area contributed by atoms with Crippen LogP contribution in [-0.4, -0.2) is 19.7 Å². The first kappa shape index (κ1) is 10.6. The molecule has 0 fully saturated rings. The minimum absolute atomic E-state index is 0.0980. The standard InChI is InChI=1S/C11H14N4O/c1-11(2,3)8-7-9(16)15(14-8)10-12-5-4-6-13-10/h4-7,14H,1-3H3. The third-order valence-electron chi connectivity index (χ3n) is 2.28. The first-order valence-corrected chi connectivity index (χ1v) is 5.08. The van der Waals surface area contributed by atoms with E-state index in [1.54, 1.807) is 24.5 Å². The predicted octanol–water partition coefficient (Wildman–Crippen LogP) is 1.25. The van der Waals surface area contributed by atoms with E-state index >= 15 is 0 Å². The Morgan fingerprint density at radius 3 is 2.38 bits per heavy atom. The zero-order chi connectivity index (χ0) is 11.8. The van der Waals surface area contributed by atoms with Crippen LogP contribution >= 0.6 is 0 Å². The molecule has 5 nitrogen and oxygen atoms in total. The second-order valence-electron chi connectivity index (χ2n) is 4.64. The highest BCUT2D eigenvalue weighted by Crippen LogP contribution is 2.18. The van der Waals surface area contributed by atoms with Gasteiger partial charge in [-0.25, -0.2) is 9.97 Å². The van der Waals surface area contributed by atoms with Crippen molar-refractivity contribution in [2.75, 3.05) is 0 Å². The van der Waals surface area contributed by atoms with Gasteiger partial charge < -0.3 is 0 Å². The van der Waals surface area contributed by atoms with Gasteiger partial charge >= 0.3 is 0 Å². The summed E-state index contributed by atoms with van der Waals surface area (Å²) in [5, 5.41) is 3.02. The van der Waals surface area contributed by atoms with Crippen molar-refractivity contribution in [1.29, 1.82) is 0 Å². The largest absolute Gasteiger partial charge is 0.292 e. The lowest BCUT2D eigenvalue weighted by atomic mass is 9.93. The van der Waals surface area contributed by atoms with Gasteiger partial charge in [-0.2, -0.15) is 4.68 Å². The summed E-state index contributed by atoms with van der Waals surface area (Å²) in [6, 6.07) is 3.29. The average molecular weight is 218 g/mol. The Labute approximate surface area is 93.2 Å². The first-order chi connectivity index (χ1) is 7.48. The molecule has 0 atom stereocenters. The summed E-state index contributed by atoms with van der Waals surface area (Å²) in [5.74, 6) is 0.364. The summed E-state index contributed by atoms with van der Waals surface area (Å²) >= 11 is 0. The van der Waals surface area contributed by atoms with Crippen molar-refractivity contribution in [2.24, 2.45) is 0 Å². The molecule has 2 aromatic heterocycles. The number of aromatic amines is 1. The number of hydrogen-bond acceptors (Lipinski definition) is 3. The molecule has 84 valence electrons. The van der Waals surface area contributed by atoms with Crippen LogP contribution < -0.4 is 5.56 Å². The van der Waals surface area contributed by atoms with E-state index in [0.29, 0.717) is 5.95 Å². The lowest BCUT2D eigenvalue weighted by Gasteiger charge is -2.15. The third kappa shape index (κ3) is 1.88. The quantitative estimate of drug-likeness (QED) is 0.783. The lowest BCUT2D eigenvalue weighted by Crippen LogP contribution is -2.16. The molecule has 0 aliphatic rings. The van der Waals surface area contributed by atoms with E-state index in [2.05, 4.69) is 15.1 Å². The van der Waals surface area contributed by atoms with Gasteiger partial charge in [-0.15, -0.1) is 0 Å². The molecule has 2 aromatic rings. The molecular weight excluding hydrogens is 204 g/mol. The van der Waals surface area contributed by atoms with Crippen LogP contribution in [0.1, 0.15) is 26.5 Å². The molecule has 0 aliphatic carbocycles. The average Bonchev–Trinajstić information content (AvgIpc) is 2.61. The maximum absolute atomic E-state index is 11.7. The van der Waals surface area contributed by atoms with Crippen molar-refractivity contribution >= 4 is 0 Å². The highest BCUT2D eigenvalue weighted by Gasteiger charge is 2.18. The Morgan fingerprint density at radius 1 is 1.25 bits per heavy atom. The highest BCUT2D eigenvalue weighted by molar-refractivity contribution is 5.16. The van der Waals surface area contributed by atoms with Gasteiger partial charge in [0.15, 0.2) is 0 Å². The smallest absolute Gasteiger partial charge is 0.274 e. The normalized spacial score (nSPS) is 11.7. The zero-order valence-corrected chi connectivity index (χ0v) is 9.56. The monoisotopic (exact) mass is 218 g/mol. The Balaban J connectivity index is 2.53. The van der Waals surface area contributed by atoms with Gasteiger partial charge in [0.2, 0.25) is 0 Å². The molecule has 0 spiro atoms. The first-order valence-electron chi connectivity index (χ1n) is 5.08. The van der Waals surface area contributed by atoms with Gasteiger partial charge in [-0.3, -0.25) is 9.89 Å². The Bertz CT molecular complexity index is 533. The van der Waals surface area contributed by atoms with Crippen LogP contribution in [0.25, 0.3) is 5.95 Å². The van der Waals surface area contributed by atoms with E-state index in [0.717, 1.165) is 5.69 Å². The number of rotatable bonds is 1. The fraction of sp³-hybridized carbons (Fsp3) is 0.364. The molecule has 0 unspecified atom stereocenters. The fourth-order valence-electron chi connectivity index (χ4n) is 1.34. The number of aromatic nitrogens is 4. The fourth-order valence-corrected chi connectivity index (χ4v) is 1.34. The molecule has 16 heavy (non-hydrogen) atoms. The second-order valence-corrected chi connectivity index (χ2v) is 4.64. The maximum atomic E-state index is 11.7. The van der Waals surface area contributed by atoms with Crippen molar-refractivity contribution in [2.45, 2.75) is 26.2 Å². The van der Waals surface area contributed by atoms with Crippen LogP contribution in [0.3, 0.4) is 0 Å². The molecule has 0 saturated heterocycles. The van der Waals surface area contributed by atoms with Gasteiger partial charge in [0.25, 0.3) is 11.5 Å². The minimum Gasteiger partial charge on any atom is -0.292 e. The summed E-state index contributed by atoms with van der Waals surface area (Å²) in [6.07, 6.45) is 3.21. The van der Waals surface area contributed by atoms with Gasteiger partial charge in [0, 0.05) is 29.6 Å². The van der Waals surface area contributed by atoms with E-state index in [1.165, 1.54) is 4.68 Å². The topological polar surface area (TPSA) is 63.6 Å². The molecule has 0 amide bonds. The second kappa shape index (κ2) is 3.59. The van der Waals surface area contributed by atoms with Crippen LogP contribution in [0.4, 0.5) is 0 Å². The molecule has 0 saturated carbocycles. The Morgan fingerprint density at radius 2 is 1.88 bits per heavy atom. The maximum Gasteiger partial charge on any atom is 0.274 e. The number of nitrogens with one attached hydrogen (secondary N) is 1. The van der Waals surface area contributed by atoms with Gasteiger partial charge in [0.05, 0.1) is 0 Å². The minimum atomic E-state index is -0.142. The van der Waals surface area contributed by atoms with Crippen molar-refractivity contribution in [3.05, 3.63) is 40.6 Å². The van der Waals surface area contributed by atoms with Crippen LogP contribution in [0, 0.1) is 0 Å². The van der Waals surface area contributed by atoms with Gasteiger partial charge in [-0.1, -0.05) is 20.8 Å². The van der Waals surface area contributed by atoms with Crippen molar-refractivity contribution in [3.8, 4) is 5.95 Å². The van der Waals surface area contributed by atoms with E-state index in [4.69, 9.17) is 0 Å². The number of H-pyrrole nitrogens is 1. The number of nitrogens with zero attached hydrogens (tertiary/aromatic N) is 3. The highest BCUT2D eigenvalue weighted by atomic mass is 16.1. The summed E-state index contributed by atoms with van der Waals surface area (Å²) in [4.78, 5) is 19.8. The Kier molecular flexibility index (Phi) is 2.38. The SMILES string of the molecule is CC(C)(C)c1cc(=O)n(-c2ncccn2)[nH]1. The summed E-state index contributed by atoms with van der Waals surface area (Å²) in [5.41, 5.74) is 0.625. The summed E-state index contributed by atoms with van der Waals surface area (Å²) < 4.78 is 1.35. The molecule has 1 N–H and O–H groups in total. The van der Waals surface area contributed by atoms with Crippen LogP contribution in [-0.2, 0) is 5.41 Å². The van der Waals surface area contributed by atoms with Crippen molar-refractivity contribution in [3.63, 3.8) is 0 Å². The van der Waals surface area contributed by atoms with E-state index in [9.17, 15) is 4.79 Å². The molecule has 0 radical (unpaired) electrons. The molecule has 0 bridgehead atoms. The summed E-state index contributed by atoms with van der Waals surface area (Å²) in [6.45, 7) is 6.11. The zero-order valence-electron chi connectivity index (χ0n) is 9.56. The van der Waals surface area contributed by atoms with Crippen LogP contribution in [0.5, 0.6) is 0 Å². The molecule has 2 rings (SSSR count). The molecule has 0 aliphatic heterocycles. The number of hydrogen-bond donors (Lipinski definition) is 1. The summed E-state index contributed by atoms with van der Waals surface area (Å²) in [7, 11) is 0. The van der Waals surface area contributed by atoms with Crippen LogP contribution in [0.15, 0.2) is 29.3 Å². The predicted molar refractivity (Wildman–Crippen MR) is 60.7 cm³/mol. The third-order valence-corrected chi connectivity index (χ3v) is 2.28. The van der Waals surface area contributed by atoms with Crippen LogP contribution in [0.2, 0.25) is 0 Å². The van der Waals surface area contributed by atoms with Crippen molar-refractivity contribution < 1.29 is 0 Å². The van der Waals surface area contributed by atoms with Gasteiger partial charge in [0.1, 0.15) is 0 Å². The van der Waals surface area contributed by atoms with E-state index in [-0.39, 0.29) is 11.0 Å². The van der Waals surface area contributed by atoms with E-state index in [1.807, 2.05) is 20.8 Å². The lowest BCUT2D eigenvalue weighted by molar-refractivity contribution is 0.558. The van der Waals surface area contributed by atoms with Crippen molar-refractivity contribution in [1.82, 2.24) is 19.7 Å². The molecule has 2 heterocycles. The van der Waals surface area contributed by atoms with E-state index < -0.39 is 0 Å². The molecule has 0 aromatic carbocycles. The Hall–Kier alpha value is -1.91. The van der Waals surface area contributed by atoms with Gasteiger partial charge in [-0.05, 0) is 6.07 Å².